The maximum Gasteiger partial charge on any atom is 0.323 e. The fraction of sp³-hybridized carbons (Fsp3) is 0.308. The maximum atomic E-state index is 13.2. The zero-order valence-electron chi connectivity index (χ0n) is 10.6. The van der Waals surface area contributed by atoms with Crippen molar-refractivity contribution in [2.24, 2.45) is 5.92 Å². The number of hydrogen-bond donors (Lipinski definition) is 2. The van der Waals surface area contributed by atoms with Crippen LogP contribution in [0, 0.1) is 17.6 Å². The first-order valence-corrected chi connectivity index (χ1v) is 5.59. The third-order valence-corrected chi connectivity index (χ3v) is 2.52. The Bertz CT molecular complexity index is 470. The number of allylic oxidation sites excluding steroid dienone is 1. The first kappa shape index (κ1) is 14.2. The molecule has 3 nitrogen and oxygen atoms in total. The largest absolute Gasteiger partial charge is 0.323 e. The molecular formula is C13H16F2N2O. The Balaban J connectivity index is 2.65. The molecule has 0 aromatic heterocycles. The summed E-state index contributed by atoms with van der Waals surface area (Å²) in [5.41, 5.74) is 0.785. The van der Waals surface area contributed by atoms with Crippen LogP contribution in [-0.2, 0) is 0 Å². The van der Waals surface area contributed by atoms with Crippen LogP contribution >= 0.6 is 0 Å². The summed E-state index contributed by atoms with van der Waals surface area (Å²) >= 11 is 0. The molecule has 5 heteroatoms. The summed E-state index contributed by atoms with van der Waals surface area (Å²) < 4.78 is 26.1. The van der Waals surface area contributed by atoms with Crippen LogP contribution in [0.4, 0.5) is 19.3 Å². The molecule has 0 fully saturated rings. The average molecular weight is 254 g/mol. The summed E-state index contributed by atoms with van der Waals surface area (Å²) in [5, 5.41) is 4.69. The number of nitrogens with one attached hydrogen (secondary N) is 2. The van der Waals surface area contributed by atoms with Crippen molar-refractivity contribution in [2.45, 2.75) is 20.8 Å². The second-order valence-corrected chi connectivity index (χ2v) is 4.27. The van der Waals surface area contributed by atoms with E-state index in [1.165, 1.54) is 6.20 Å². The van der Waals surface area contributed by atoms with E-state index in [0.29, 0.717) is 5.92 Å². The summed E-state index contributed by atoms with van der Waals surface area (Å²) in [6.45, 7) is 5.84. The van der Waals surface area contributed by atoms with Crippen molar-refractivity contribution >= 4 is 11.7 Å². The third-order valence-electron chi connectivity index (χ3n) is 2.52. The van der Waals surface area contributed by atoms with Crippen molar-refractivity contribution < 1.29 is 13.6 Å². The Morgan fingerprint density at radius 1 is 1.33 bits per heavy atom. The zero-order valence-corrected chi connectivity index (χ0v) is 10.6. The molecule has 1 aromatic carbocycles. The van der Waals surface area contributed by atoms with Gasteiger partial charge in [-0.3, -0.25) is 0 Å². The van der Waals surface area contributed by atoms with Gasteiger partial charge < -0.3 is 10.6 Å². The van der Waals surface area contributed by atoms with E-state index in [-0.39, 0.29) is 5.69 Å². The van der Waals surface area contributed by atoms with Gasteiger partial charge in [-0.05, 0) is 25.0 Å². The lowest BCUT2D eigenvalue weighted by Gasteiger charge is -2.08. The molecule has 0 aliphatic rings. The number of rotatable bonds is 3. The summed E-state index contributed by atoms with van der Waals surface area (Å²) in [4.78, 5) is 11.4. The molecule has 2 amide bonds. The topological polar surface area (TPSA) is 41.1 Å². The van der Waals surface area contributed by atoms with Crippen molar-refractivity contribution in [1.29, 1.82) is 0 Å². The smallest absolute Gasteiger partial charge is 0.314 e. The van der Waals surface area contributed by atoms with Crippen molar-refractivity contribution in [2.75, 3.05) is 5.32 Å². The fourth-order valence-electron chi connectivity index (χ4n) is 1.10. The lowest BCUT2D eigenvalue weighted by molar-refractivity contribution is 0.255. The molecule has 0 atom stereocenters. The minimum absolute atomic E-state index is 0.192. The average Bonchev–Trinajstić information content (AvgIpc) is 2.30. The molecule has 0 spiro atoms. The van der Waals surface area contributed by atoms with E-state index < -0.39 is 17.7 Å². The number of carbonyl (C=O) groups is 1. The Labute approximate surface area is 105 Å². The molecule has 18 heavy (non-hydrogen) atoms. The summed E-state index contributed by atoms with van der Waals surface area (Å²) in [7, 11) is 0. The number of urea groups is 1. The molecule has 0 aliphatic carbocycles. The fourth-order valence-corrected chi connectivity index (χ4v) is 1.10. The van der Waals surface area contributed by atoms with Gasteiger partial charge in [0.25, 0.3) is 0 Å². The normalized spacial score (nSPS) is 11.6. The third kappa shape index (κ3) is 4.16. The van der Waals surface area contributed by atoms with Crippen LogP contribution in [0.1, 0.15) is 20.8 Å². The van der Waals surface area contributed by atoms with Gasteiger partial charge in [0.15, 0.2) is 0 Å². The van der Waals surface area contributed by atoms with Crippen LogP contribution in [0.15, 0.2) is 30.0 Å². The van der Waals surface area contributed by atoms with Gasteiger partial charge in [-0.25, -0.2) is 13.6 Å². The van der Waals surface area contributed by atoms with Gasteiger partial charge in [-0.1, -0.05) is 19.4 Å². The molecule has 0 radical (unpaired) electrons. The van der Waals surface area contributed by atoms with Crippen molar-refractivity contribution in [3.63, 3.8) is 0 Å². The summed E-state index contributed by atoms with van der Waals surface area (Å²) in [6.07, 6.45) is 1.54. The number of benzene rings is 1. The van der Waals surface area contributed by atoms with Crippen molar-refractivity contribution in [1.82, 2.24) is 5.32 Å². The summed E-state index contributed by atoms with van der Waals surface area (Å²) in [5.74, 6) is -0.993. The van der Waals surface area contributed by atoms with Crippen LogP contribution < -0.4 is 10.6 Å². The van der Waals surface area contributed by atoms with Crippen molar-refractivity contribution in [3.8, 4) is 0 Å². The van der Waals surface area contributed by atoms with Gasteiger partial charge in [-0.2, -0.15) is 0 Å². The number of halogens is 2. The molecule has 98 valence electrons. The molecule has 2 N–H and O–H groups in total. The number of anilines is 1. The van der Waals surface area contributed by atoms with Gasteiger partial charge in [-0.15, -0.1) is 0 Å². The molecule has 0 saturated heterocycles. The highest BCUT2D eigenvalue weighted by molar-refractivity contribution is 5.90. The minimum Gasteiger partial charge on any atom is -0.314 e. The van der Waals surface area contributed by atoms with Crippen LogP contribution in [-0.4, -0.2) is 6.03 Å². The molecule has 0 heterocycles. The van der Waals surface area contributed by atoms with E-state index in [2.05, 4.69) is 10.6 Å². The van der Waals surface area contributed by atoms with Gasteiger partial charge in [0.05, 0.1) is 5.69 Å². The maximum absolute atomic E-state index is 13.2. The molecule has 0 saturated carbocycles. The number of amides is 2. The highest BCUT2D eigenvalue weighted by Crippen LogP contribution is 2.15. The SMILES string of the molecule is C/C(=C\NC(=O)Nc1cc(F)ccc1F)C(C)C. The highest BCUT2D eigenvalue weighted by Gasteiger charge is 2.07. The van der Waals surface area contributed by atoms with Crippen LogP contribution in [0.5, 0.6) is 0 Å². The Hall–Kier alpha value is -1.91. The standard InChI is InChI=1S/C13H16F2N2O/c1-8(2)9(3)7-16-13(18)17-12-6-10(14)4-5-11(12)15/h4-8H,1-3H3,(H2,16,17,18)/b9-7+. The van der Waals surface area contributed by atoms with Crippen LogP contribution in [0.25, 0.3) is 0 Å². The predicted octanol–water partition coefficient (Wildman–Crippen LogP) is 3.65. The van der Waals surface area contributed by atoms with E-state index in [0.717, 1.165) is 23.8 Å². The van der Waals surface area contributed by atoms with E-state index in [4.69, 9.17) is 0 Å². The Kier molecular flexibility index (Phi) is 4.83. The van der Waals surface area contributed by atoms with Gasteiger partial charge in [0, 0.05) is 12.3 Å². The molecule has 0 aliphatic heterocycles. The molecule has 1 aromatic rings. The second kappa shape index (κ2) is 6.14. The monoisotopic (exact) mass is 254 g/mol. The number of hydrogen-bond acceptors (Lipinski definition) is 1. The van der Waals surface area contributed by atoms with E-state index in [1.54, 1.807) is 0 Å². The highest BCUT2D eigenvalue weighted by atomic mass is 19.1. The van der Waals surface area contributed by atoms with Crippen LogP contribution in [0.2, 0.25) is 0 Å². The predicted molar refractivity (Wildman–Crippen MR) is 67.1 cm³/mol. The number of carbonyl (C=O) groups excluding carboxylic acids is 1. The quantitative estimate of drug-likeness (QED) is 0.849. The lowest BCUT2D eigenvalue weighted by atomic mass is 10.1. The molecule has 0 unspecified atom stereocenters. The molecular weight excluding hydrogens is 238 g/mol. The molecule has 0 bridgehead atoms. The van der Waals surface area contributed by atoms with E-state index in [1.807, 2.05) is 20.8 Å². The van der Waals surface area contributed by atoms with E-state index >= 15 is 0 Å². The van der Waals surface area contributed by atoms with Gasteiger partial charge in [0.2, 0.25) is 0 Å². The van der Waals surface area contributed by atoms with Gasteiger partial charge >= 0.3 is 6.03 Å². The summed E-state index contributed by atoms with van der Waals surface area (Å²) in [6, 6.07) is 2.26. The van der Waals surface area contributed by atoms with Gasteiger partial charge in [0.1, 0.15) is 11.6 Å². The Morgan fingerprint density at radius 3 is 2.61 bits per heavy atom. The molecule has 1 rings (SSSR count). The van der Waals surface area contributed by atoms with Crippen molar-refractivity contribution in [3.05, 3.63) is 41.6 Å². The van der Waals surface area contributed by atoms with E-state index in [9.17, 15) is 13.6 Å². The van der Waals surface area contributed by atoms with Crippen LogP contribution in [0.3, 0.4) is 0 Å². The minimum atomic E-state index is -0.684. The first-order valence-electron chi connectivity index (χ1n) is 5.59. The first-order chi connectivity index (χ1) is 8.40. The lowest BCUT2D eigenvalue weighted by Crippen LogP contribution is -2.25. The second-order valence-electron chi connectivity index (χ2n) is 4.27. The Morgan fingerprint density at radius 2 is 2.00 bits per heavy atom. The zero-order chi connectivity index (χ0) is 13.7.